The maximum atomic E-state index is 11.3. The van der Waals surface area contributed by atoms with Gasteiger partial charge in [0.15, 0.2) is 0 Å². The Bertz CT molecular complexity index is 418. The van der Waals surface area contributed by atoms with Crippen molar-refractivity contribution in [1.29, 1.82) is 0 Å². The van der Waals surface area contributed by atoms with Crippen LogP contribution in [-0.2, 0) is 14.4 Å². The zero-order valence-corrected chi connectivity index (χ0v) is 12.4. The van der Waals surface area contributed by atoms with Gasteiger partial charge in [0.25, 0.3) is 5.91 Å². The fourth-order valence-corrected chi connectivity index (χ4v) is 1.44. The Labute approximate surface area is 119 Å². The maximum Gasteiger partial charge on any atom is 0.303 e. The van der Waals surface area contributed by atoms with E-state index < -0.39 is 17.7 Å². The predicted molar refractivity (Wildman–Crippen MR) is 77.3 cm³/mol. The third-order valence-electron chi connectivity index (χ3n) is 2.62. The summed E-state index contributed by atoms with van der Waals surface area (Å²) < 4.78 is 0. The summed E-state index contributed by atoms with van der Waals surface area (Å²) in [5, 5.41) is 10.9. The van der Waals surface area contributed by atoms with E-state index in [0.717, 1.165) is 18.4 Å². The molecule has 0 aromatic heterocycles. The number of hydrogen-bond donors (Lipinski definition) is 2. The normalized spacial score (nSPS) is 10.8. The minimum Gasteiger partial charge on any atom is -0.481 e. The Morgan fingerprint density at radius 1 is 1.00 bits per heavy atom. The third-order valence-corrected chi connectivity index (χ3v) is 2.62. The molecule has 0 fully saturated rings. The lowest BCUT2D eigenvalue weighted by Crippen LogP contribution is -2.31. The van der Waals surface area contributed by atoms with Crippen molar-refractivity contribution >= 4 is 17.7 Å². The average molecular weight is 281 g/mol. The second kappa shape index (κ2) is 9.95. The van der Waals surface area contributed by atoms with Gasteiger partial charge in [0.2, 0.25) is 5.78 Å². The van der Waals surface area contributed by atoms with Gasteiger partial charge < -0.3 is 10.4 Å². The molecule has 1 amide bonds. The van der Waals surface area contributed by atoms with Gasteiger partial charge in [-0.1, -0.05) is 23.3 Å². The molecule has 0 heterocycles. The summed E-state index contributed by atoms with van der Waals surface area (Å²) in [6.07, 6.45) is 5.30. The summed E-state index contributed by atoms with van der Waals surface area (Å²) in [4.78, 5) is 32.9. The number of amides is 1. The molecule has 0 rings (SSSR count). The van der Waals surface area contributed by atoms with Crippen LogP contribution in [0.5, 0.6) is 0 Å². The number of carbonyl (C=O) groups excluding carboxylic acids is 2. The van der Waals surface area contributed by atoms with Crippen LogP contribution < -0.4 is 5.32 Å². The average Bonchev–Trinajstić information content (AvgIpc) is 2.35. The second-order valence-electron chi connectivity index (χ2n) is 4.90. The van der Waals surface area contributed by atoms with Crippen LogP contribution in [0.2, 0.25) is 0 Å². The first-order chi connectivity index (χ1) is 9.32. The molecule has 0 bridgehead atoms. The number of rotatable bonds is 9. The molecule has 0 aliphatic heterocycles. The molecule has 0 aliphatic rings. The third kappa shape index (κ3) is 10.1. The number of hydrogen-bond acceptors (Lipinski definition) is 3. The predicted octanol–water partition coefficient (Wildman–Crippen LogP) is 2.23. The molecule has 0 saturated carbocycles. The number of Topliss-reactive ketones (excluding diaryl/α,β-unsaturated/α-hetero) is 1. The summed E-state index contributed by atoms with van der Waals surface area (Å²) in [5.41, 5.74) is 2.41. The van der Waals surface area contributed by atoms with Crippen LogP contribution in [-0.4, -0.2) is 29.3 Å². The monoisotopic (exact) mass is 281 g/mol. The molecular formula is C15H23NO4. The van der Waals surface area contributed by atoms with Gasteiger partial charge in [-0.2, -0.15) is 0 Å². The van der Waals surface area contributed by atoms with Gasteiger partial charge in [0.1, 0.15) is 0 Å². The van der Waals surface area contributed by atoms with Gasteiger partial charge in [0, 0.05) is 13.0 Å². The fourth-order valence-electron chi connectivity index (χ4n) is 1.44. The highest BCUT2D eigenvalue weighted by atomic mass is 16.4. The van der Waals surface area contributed by atoms with Crippen molar-refractivity contribution in [3.63, 3.8) is 0 Å². The molecule has 0 aromatic rings. The molecule has 2 N–H and O–H groups in total. The topological polar surface area (TPSA) is 83.5 Å². The van der Waals surface area contributed by atoms with Crippen LogP contribution >= 0.6 is 0 Å². The quantitative estimate of drug-likeness (QED) is 0.501. The Hall–Kier alpha value is -1.91. The van der Waals surface area contributed by atoms with Crippen molar-refractivity contribution in [2.75, 3.05) is 6.54 Å². The lowest BCUT2D eigenvalue weighted by Gasteiger charge is -2.02. The molecule has 0 spiro atoms. The number of carboxylic acid groups (broad SMARTS) is 1. The number of carbonyl (C=O) groups is 3. The smallest absolute Gasteiger partial charge is 0.303 e. The Morgan fingerprint density at radius 3 is 2.20 bits per heavy atom. The minimum absolute atomic E-state index is 0.259. The molecule has 0 unspecified atom stereocenters. The molecule has 0 aliphatic carbocycles. The lowest BCUT2D eigenvalue weighted by atomic mass is 10.1. The zero-order valence-electron chi connectivity index (χ0n) is 12.4. The van der Waals surface area contributed by atoms with E-state index in [-0.39, 0.29) is 19.4 Å². The molecule has 20 heavy (non-hydrogen) atoms. The van der Waals surface area contributed by atoms with E-state index in [1.54, 1.807) is 0 Å². The van der Waals surface area contributed by atoms with E-state index in [0.29, 0.717) is 0 Å². The van der Waals surface area contributed by atoms with Gasteiger partial charge in [-0.25, -0.2) is 0 Å². The van der Waals surface area contributed by atoms with Crippen molar-refractivity contribution in [3.05, 3.63) is 23.3 Å². The largest absolute Gasteiger partial charge is 0.481 e. The summed E-state index contributed by atoms with van der Waals surface area (Å²) in [6, 6.07) is 0. The number of allylic oxidation sites excluding steroid dienone is 3. The van der Waals surface area contributed by atoms with E-state index in [4.69, 9.17) is 5.11 Å². The summed E-state index contributed by atoms with van der Waals surface area (Å²) in [7, 11) is 0. The van der Waals surface area contributed by atoms with E-state index in [1.165, 1.54) is 5.57 Å². The first kappa shape index (κ1) is 18.1. The van der Waals surface area contributed by atoms with Crippen LogP contribution in [0.1, 0.15) is 46.5 Å². The summed E-state index contributed by atoms with van der Waals surface area (Å²) in [5.74, 6) is -2.50. The first-order valence-electron chi connectivity index (χ1n) is 6.64. The number of nitrogens with one attached hydrogen (secondary N) is 1. The highest BCUT2D eigenvalue weighted by Gasteiger charge is 2.13. The molecular weight excluding hydrogens is 258 g/mol. The first-order valence-corrected chi connectivity index (χ1v) is 6.64. The van der Waals surface area contributed by atoms with Crippen LogP contribution in [0, 0.1) is 0 Å². The second-order valence-corrected chi connectivity index (χ2v) is 4.90. The number of carboxylic acids is 1. The van der Waals surface area contributed by atoms with E-state index >= 15 is 0 Å². The number of aliphatic carboxylic acids is 1. The maximum absolute atomic E-state index is 11.3. The fraction of sp³-hybridized carbons (Fsp3) is 0.533. The van der Waals surface area contributed by atoms with Gasteiger partial charge in [-0.3, -0.25) is 14.4 Å². The highest BCUT2D eigenvalue weighted by Crippen LogP contribution is 2.05. The van der Waals surface area contributed by atoms with Crippen molar-refractivity contribution in [1.82, 2.24) is 5.32 Å². The zero-order chi connectivity index (χ0) is 15.5. The molecule has 0 saturated heterocycles. The standard InChI is InChI=1S/C15H23NO4/c1-11(2)5-4-6-12(3)9-10-16-15(20)13(17)7-8-14(18)19/h5,9H,4,6-8,10H2,1-3H3,(H,16,20)(H,18,19)/b12-9+. The van der Waals surface area contributed by atoms with Crippen LogP contribution in [0.15, 0.2) is 23.3 Å². The molecule has 0 aromatic carbocycles. The van der Waals surface area contributed by atoms with Crippen LogP contribution in [0.25, 0.3) is 0 Å². The Kier molecular flexibility index (Phi) is 9.00. The van der Waals surface area contributed by atoms with Crippen molar-refractivity contribution in [2.24, 2.45) is 0 Å². The highest BCUT2D eigenvalue weighted by molar-refractivity contribution is 6.36. The van der Waals surface area contributed by atoms with Gasteiger partial charge in [-0.15, -0.1) is 0 Å². The van der Waals surface area contributed by atoms with Crippen LogP contribution in [0.3, 0.4) is 0 Å². The van der Waals surface area contributed by atoms with Gasteiger partial charge in [-0.05, 0) is 33.6 Å². The van der Waals surface area contributed by atoms with E-state index in [1.807, 2.05) is 26.8 Å². The van der Waals surface area contributed by atoms with Crippen molar-refractivity contribution < 1.29 is 19.5 Å². The van der Waals surface area contributed by atoms with Crippen molar-refractivity contribution in [3.8, 4) is 0 Å². The molecule has 5 nitrogen and oxygen atoms in total. The van der Waals surface area contributed by atoms with Crippen LogP contribution in [0.4, 0.5) is 0 Å². The Morgan fingerprint density at radius 2 is 1.65 bits per heavy atom. The van der Waals surface area contributed by atoms with Crippen molar-refractivity contribution in [2.45, 2.75) is 46.5 Å². The molecule has 112 valence electrons. The summed E-state index contributed by atoms with van der Waals surface area (Å²) in [6.45, 7) is 6.35. The molecule has 5 heteroatoms. The molecule has 0 radical (unpaired) electrons. The minimum atomic E-state index is -1.08. The lowest BCUT2D eigenvalue weighted by molar-refractivity contribution is -0.141. The Balaban J connectivity index is 3.97. The van der Waals surface area contributed by atoms with Gasteiger partial charge in [0.05, 0.1) is 6.42 Å². The van der Waals surface area contributed by atoms with E-state index in [9.17, 15) is 14.4 Å². The van der Waals surface area contributed by atoms with E-state index in [2.05, 4.69) is 11.4 Å². The summed E-state index contributed by atoms with van der Waals surface area (Å²) >= 11 is 0. The number of ketones is 1. The van der Waals surface area contributed by atoms with Gasteiger partial charge >= 0.3 is 5.97 Å². The SMILES string of the molecule is CC(C)=CCC/C(C)=C/CNC(=O)C(=O)CCC(=O)O. The molecule has 0 atom stereocenters.